The van der Waals surface area contributed by atoms with Crippen molar-refractivity contribution in [3.05, 3.63) is 12.3 Å². The number of imide groups is 1. The van der Waals surface area contributed by atoms with Gasteiger partial charge in [0.25, 0.3) is 0 Å². The minimum Gasteiger partial charge on any atom is -0.500 e. The van der Waals surface area contributed by atoms with E-state index >= 15 is 0 Å². The number of nitrogens with zero attached hydrogens (tertiary/aromatic N) is 1. The van der Waals surface area contributed by atoms with Gasteiger partial charge in [0.1, 0.15) is 6.61 Å². The molecule has 0 N–H and O–H groups in total. The first kappa shape index (κ1) is 12.1. The van der Waals surface area contributed by atoms with Gasteiger partial charge in [0, 0.05) is 6.42 Å². The number of hydrogen-bond donors (Lipinski definition) is 0. The second-order valence-electron chi connectivity index (χ2n) is 3.15. The second-order valence-corrected chi connectivity index (χ2v) is 4.19. The molecule has 0 aliphatic carbocycles. The molecule has 1 fully saturated rings. The molecule has 0 aromatic carbocycles. The number of ether oxygens (including phenoxy) is 1. The predicted molar refractivity (Wildman–Crippen MR) is 59.4 cm³/mol. The lowest BCUT2D eigenvalue weighted by atomic mass is 10.4. The maximum atomic E-state index is 11.6. The largest absolute Gasteiger partial charge is 0.500 e. The van der Waals surface area contributed by atoms with Crippen molar-refractivity contribution in [3.8, 4) is 0 Å². The third-order valence-corrected chi connectivity index (χ3v) is 3.09. The molecule has 1 heterocycles. The number of rotatable bonds is 5. The van der Waals surface area contributed by atoms with Crippen molar-refractivity contribution in [1.82, 2.24) is 4.90 Å². The molecule has 0 aromatic heterocycles. The van der Waals surface area contributed by atoms with E-state index in [2.05, 4.69) is 0 Å². The first-order valence-corrected chi connectivity index (χ1v) is 6.09. The van der Waals surface area contributed by atoms with E-state index in [0.29, 0.717) is 19.6 Å². The summed E-state index contributed by atoms with van der Waals surface area (Å²) >= 11 is 1.42. The Morgan fingerprint density at radius 2 is 2.33 bits per heavy atom. The summed E-state index contributed by atoms with van der Waals surface area (Å²) in [4.78, 5) is 24.3. The van der Waals surface area contributed by atoms with Crippen molar-refractivity contribution in [2.45, 2.75) is 18.6 Å². The highest BCUT2D eigenvalue weighted by Gasteiger charge is 2.37. The van der Waals surface area contributed by atoms with Crippen LogP contribution >= 0.6 is 11.8 Å². The van der Waals surface area contributed by atoms with Crippen molar-refractivity contribution in [1.29, 1.82) is 0 Å². The highest BCUT2D eigenvalue weighted by Crippen LogP contribution is 2.22. The van der Waals surface area contributed by atoms with Gasteiger partial charge in [-0.05, 0) is 13.2 Å². The van der Waals surface area contributed by atoms with Gasteiger partial charge in [0.2, 0.25) is 11.8 Å². The lowest BCUT2D eigenvalue weighted by Crippen LogP contribution is -2.34. The van der Waals surface area contributed by atoms with Crippen LogP contribution in [-0.2, 0) is 14.3 Å². The summed E-state index contributed by atoms with van der Waals surface area (Å²) in [7, 11) is 0. The first-order chi connectivity index (χ1) is 7.20. The van der Waals surface area contributed by atoms with E-state index < -0.39 is 0 Å². The van der Waals surface area contributed by atoms with Crippen LogP contribution in [0.15, 0.2) is 12.3 Å². The summed E-state index contributed by atoms with van der Waals surface area (Å²) in [5.74, 6) is -0.181. The molecule has 5 heteroatoms. The molecule has 0 bridgehead atoms. The Kier molecular flexibility index (Phi) is 4.68. The Balaban J connectivity index is 2.41. The molecule has 2 amide bonds. The van der Waals surface area contributed by atoms with E-state index in [0.717, 1.165) is 0 Å². The molecule has 0 aromatic rings. The monoisotopic (exact) mass is 229 g/mol. The first-order valence-electron chi connectivity index (χ1n) is 4.80. The van der Waals surface area contributed by atoms with Crippen LogP contribution in [0.3, 0.4) is 0 Å². The van der Waals surface area contributed by atoms with Gasteiger partial charge in [-0.1, -0.05) is 6.08 Å². The lowest BCUT2D eigenvalue weighted by Gasteiger charge is -2.13. The normalized spacial score (nSPS) is 21.7. The molecule has 4 nitrogen and oxygen atoms in total. The number of thioether (sulfide) groups is 1. The summed E-state index contributed by atoms with van der Waals surface area (Å²) in [6, 6.07) is 0. The topological polar surface area (TPSA) is 46.6 Å². The SMILES string of the molecule is CC=COCCN1C(=O)CC(SC)C1=O. The van der Waals surface area contributed by atoms with Crippen molar-refractivity contribution in [3.63, 3.8) is 0 Å². The van der Waals surface area contributed by atoms with E-state index in [9.17, 15) is 9.59 Å². The molecule has 1 saturated heterocycles. The molecule has 1 unspecified atom stereocenters. The minimum atomic E-state index is -0.195. The molecule has 1 rings (SSSR count). The maximum Gasteiger partial charge on any atom is 0.242 e. The van der Waals surface area contributed by atoms with Crippen LogP contribution in [0.5, 0.6) is 0 Å². The molecular weight excluding hydrogens is 214 g/mol. The zero-order valence-electron chi connectivity index (χ0n) is 8.93. The van der Waals surface area contributed by atoms with E-state index in [4.69, 9.17) is 4.74 Å². The molecule has 0 saturated carbocycles. The third-order valence-electron chi connectivity index (χ3n) is 2.15. The van der Waals surface area contributed by atoms with Crippen molar-refractivity contribution in [2.75, 3.05) is 19.4 Å². The fourth-order valence-electron chi connectivity index (χ4n) is 1.38. The standard InChI is InChI=1S/C10H15NO3S/c1-3-5-14-6-4-11-9(12)7-8(15-2)10(11)13/h3,5,8H,4,6-7H2,1-2H3. The van der Waals surface area contributed by atoms with Crippen LogP contribution < -0.4 is 0 Å². The Morgan fingerprint density at radius 3 is 2.87 bits per heavy atom. The molecule has 1 aliphatic rings. The van der Waals surface area contributed by atoms with Crippen LogP contribution in [0.4, 0.5) is 0 Å². The van der Waals surface area contributed by atoms with Crippen LogP contribution in [0.25, 0.3) is 0 Å². The van der Waals surface area contributed by atoms with Crippen LogP contribution in [0.1, 0.15) is 13.3 Å². The summed E-state index contributed by atoms with van der Waals surface area (Å²) < 4.78 is 5.08. The van der Waals surface area contributed by atoms with Crippen LogP contribution in [0.2, 0.25) is 0 Å². The summed E-state index contributed by atoms with van der Waals surface area (Å²) in [5, 5.41) is -0.195. The number of carbonyl (C=O) groups excluding carboxylic acids is 2. The number of allylic oxidation sites excluding steroid dienone is 1. The van der Waals surface area contributed by atoms with Crippen molar-refractivity contribution < 1.29 is 14.3 Å². The molecule has 1 aliphatic heterocycles. The highest BCUT2D eigenvalue weighted by molar-refractivity contribution is 8.00. The third kappa shape index (κ3) is 2.99. The molecule has 0 spiro atoms. The Bertz CT molecular complexity index is 278. The number of carbonyl (C=O) groups is 2. The van der Waals surface area contributed by atoms with Gasteiger partial charge in [-0.3, -0.25) is 14.5 Å². The van der Waals surface area contributed by atoms with Gasteiger partial charge < -0.3 is 4.74 Å². The molecule has 1 atom stereocenters. The van der Waals surface area contributed by atoms with Gasteiger partial charge in [0.05, 0.1) is 18.1 Å². The zero-order chi connectivity index (χ0) is 11.3. The number of amides is 2. The van der Waals surface area contributed by atoms with Crippen LogP contribution in [0, 0.1) is 0 Å². The van der Waals surface area contributed by atoms with E-state index in [-0.39, 0.29) is 17.1 Å². The van der Waals surface area contributed by atoms with Gasteiger partial charge in [-0.2, -0.15) is 11.8 Å². The van der Waals surface area contributed by atoms with Gasteiger partial charge in [-0.15, -0.1) is 0 Å². The molecule has 15 heavy (non-hydrogen) atoms. The van der Waals surface area contributed by atoms with E-state index in [1.165, 1.54) is 16.7 Å². The maximum absolute atomic E-state index is 11.6. The van der Waals surface area contributed by atoms with Gasteiger partial charge in [-0.25, -0.2) is 0 Å². The Morgan fingerprint density at radius 1 is 1.60 bits per heavy atom. The van der Waals surface area contributed by atoms with Crippen molar-refractivity contribution >= 4 is 23.6 Å². The second kappa shape index (κ2) is 5.80. The zero-order valence-corrected chi connectivity index (χ0v) is 9.75. The fraction of sp³-hybridized carbons (Fsp3) is 0.600. The smallest absolute Gasteiger partial charge is 0.242 e. The quantitative estimate of drug-likeness (QED) is 0.401. The average Bonchev–Trinajstić information content (AvgIpc) is 2.50. The van der Waals surface area contributed by atoms with Crippen LogP contribution in [-0.4, -0.2) is 41.4 Å². The molecule has 0 radical (unpaired) electrons. The lowest BCUT2D eigenvalue weighted by molar-refractivity contribution is -0.138. The minimum absolute atomic E-state index is 0.0865. The Hall–Kier alpha value is -0.970. The van der Waals surface area contributed by atoms with Crippen molar-refractivity contribution in [2.24, 2.45) is 0 Å². The fourth-order valence-corrected chi connectivity index (χ4v) is 2.02. The predicted octanol–water partition coefficient (Wildman–Crippen LogP) is 1.03. The summed E-state index contributed by atoms with van der Waals surface area (Å²) in [6.07, 6.45) is 5.48. The Labute approximate surface area is 93.6 Å². The van der Waals surface area contributed by atoms with E-state index in [1.807, 2.05) is 13.2 Å². The van der Waals surface area contributed by atoms with E-state index in [1.54, 1.807) is 12.3 Å². The average molecular weight is 229 g/mol. The highest BCUT2D eigenvalue weighted by atomic mass is 32.2. The molecule has 84 valence electrons. The summed E-state index contributed by atoms with van der Waals surface area (Å²) in [5.41, 5.74) is 0. The number of likely N-dealkylation sites (tertiary alicyclic amines) is 1. The van der Waals surface area contributed by atoms with Gasteiger partial charge in [0.15, 0.2) is 0 Å². The van der Waals surface area contributed by atoms with Gasteiger partial charge >= 0.3 is 0 Å². The number of hydrogen-bond acceptors (Lipinski definition) is 4. The molecular formula is C10H15NO3S. The summed E-state index contributed by atoms with van der Waals surface area (Å²) in [6.45, 7) is 2.55.